The maximum absolute atomic E-state index is 13.0. The zero-order chi connectivity index (χ0) is 23.1. The van der Waals surface area contributed by atoms with Gasteiger partial charge in [-0.05, 0) is 55.3 Å². The first kappa shape index (κ1) is 24.0. The lowest BCUT2D eigenvalue weighted by atomic mass is 10.2. The molecule has 1 N–H and O–H groups in total. The Balaban J connectivity index is 1.64. The number of carbonyl (C=O) groups is 2. The van der Waals surface area contributed by atoms with Gasteiger partial charge in [0.2, 0.25) is 10.0 Å². The van der Waals surface area contributed by atoms with Gasteiger partial charge in [0.1, 0.15) is 5.75 Å². The normalized spacial score (nSPS) is 14.9. The number of esters is 1. The van der Waals surface area contributed by atoms with E-state index >= 15 is 0 Å². The fourth-order valence-electron chi connectivity index (χ4n) is 3.32. The molecule has 172 valence electrons. The summed E-state index contributed by atoms with van der Waals surface area (Å²) in [7, 11) is -2.19. The summed E-state index contributed by atoms with van der Waals surface area (Å²) in [5, 5.41) is 2.69. The molecule has 0 spiro atoms. The Labute approximate surface area is 192 Å². The highest BCUT2D eigenvalue weighted by Crippen LogP contribution is 2.28. The molecule has 0 aromatic heterocycles. The Kier molecular flexibility index (Phi) is 8.11. The largest absolute Gasteiger partial charge is 0.497 e. The van der Waals surface area contributed by atoms with Crippen LogP contribution in [0, 0.1) is 0 Å². The highest BCUT2D eigenvalue weighted by molar-refractivity contribution is 7.89. The molecule has 1 heterocycles. The lowest BCUT2D eigenvalue weighted by Crippen LogP contribution is -2.32. The number of rotatable bonds is 7. The first-order valence-corrected chi connectivity index (χ1v) is 12.0. The first-order valence-electron chi connectivity index (χ1n) is 10.2. The third kappa shape index (κ3) is 5.99. The van der Waals surface area contributed by atoms with Crippen molar-refractivity contribution in [1.82, 2.24) is 4.31 Å². The van der Waals surface area contributed by atoms with Gasteiger partial charge < -0.3 is 14.8 Å². The van der Waals surface area contributed by atoms with Crippen LogP contribution in [0.2, 0.25) is 5.02 Å². The molecule has 1 saturated heterocycles. The van der Waals surface area contributed by atoms with Crippen molar-refractivity contribution in [2.24, 2.45) is 0 Å². The van der Waals surface area contributed by atoms with Gasteiger partial charge in [-0.25, -0.2) is 13.2 Å². The number of sulfonamides is 1. The van der Waals surface area contributed by atoms with Crippen LogP contribution in [-0.4, -0.2) is 51.4 Å². The summed E-state index contributed by atoms with van der Waals surface area (Å²) in [5.74, 6) is -0.728. The van der Waals surface area contributed by atoms with E-state index in [-0.39, 0.29) is 21.2 Å². The van der Waals surface area contributed by atoms with Gasteiger partial charge in [-0.1, -0.05) is 24.4 Å². The molecule has 0 bridgehead atoms. The highest BCUT2D eigenvalue weighted by Gasteiger charge is 2.26. The molecule has 0 unspecified atom stereocenters. The number of hydrogen-bond acceptors (Lipinski definition) is 6. The quantitative estimate of drug-likeness (QED) is 0.606. The number of ether oxygens (including phenoxy) is 2. The van der Waals surface area contributed by atoms with Gasteiger partial charge >= 0.3 is 5.97 Å². The maximum atomic E-state index is 13.0. The second-order valence-electron chi connectivity index (χ2n) is 7.31. The standard InChI is InChI=1S/C22H25ClN2O6S/c1-30-17-8-6-16(7-9-17)22(27)31-15-21(26)24-20-14-18(10-11-19(20)23)32(28,29)25-12-4-2-3-5-13-25/h6-11,14H,2-5,12-13,15H2,1H3,(H,24,26). The number of amides is 1. The van der Waals surface area contributed by atoms with Gasteiger partial charge in [-0.15, -0.1) is 0 Å². The van der Waals surface area contributed by atoms with E-state index in [4.69, 9.17) is 21.1 Å². The summed E-state index contributed by atoms with van der Waals surface area (Å²) in [5.41, 5.74) is 0.398. The van der Waals surface area contributed by atoms with Crippen LogP contribution in [0.5, 0.6) is 5.75 Å². The summed E-state index contributed by atoms with van der Waals surface area (Å²) >= 11 is 6.15. The van der Waals surface area contributed by atoms with E-state index in [1.165, 1.54) is 41.7 Å². The van der Waals surface area contributed by atoms with Gasteiger partial charge in [0.25, 0.3) is 5.91 Å². The second-order valence-corrected chi connectivity index (χ2v) is 9.66. The first-order chi connectivity index (χ1) is 15.3. The molecule has 8 nitrogen and oxygen atoms in total. The van der Waals surface area contributed by atoms with Crippen molar-refractivity contribution in [1.29, 1.82) is 0 Å². The fraction of sp³-hybridized carbons (Fsp3) is 0.364. The number of nitrogens with one attached hydrogen (secondary N) is 1. The Morgan fingerprint density at radius 2 is 1.69 bits per heavy atom. The monoisotopic (exact) mass is 480 g/mol. The molecule has 1 aliphatic heterocycles. The zero-order valence-corrected chi connectivity index (χ0v) is 19.2. The Bertz CT molecular complexity index is 1060. The molecule has 0 radical (unpaired) electrons. The summed E-state index contributed by atoms with van der Waals surface area (Å²) in [6, 6.07) is 10.4. The van der Waals surface area contributed by atoms with Gasteiger partial charge in [0.15, 0.2) is 6.61 Å². The zero-order valence-electron chi connectivity index (χ0n) is 17.7. The summed E-state index contributed by atoms with van der Waals surface area (Å²) in [6.45, 7) is 0.381. The van der Waals surface area contributed by atoms with E-state index in [9.17, 15) is 18.0 Å². The van der Waals surface area contributed by atoms with Gasteiger partial charge in [-0.2, -0.15) is 4.31 Å². The van der Waals surface area contributed by atoms with Gasteiger partial charge in [-0.3, -0.25) is 4.79 Å². The van der Waals surface area contributed by atoms with E-state index in [1.807, 2.05) is 0 Å². The van der Waals surface area contributed by atoms with Crippen LogP contribution < -0.4 is 10.1 Å². The van der Waals surface area contributed by atoms with Crippen LogP contribution in [0.15, 0.2) is 47.4 Å². The van der Waals surface area contributed by atoms with Crippen LogP contribution in [0.3, 0.4) is 0 Å². The summed E-state index contributed by atoms with van der Waals surface area (Å²) < 4.78 is 37.5. The third-order valence-electron chi connectivity index (χ3n) is 5.07. The number of hydrogen-bond donors (Lipinski definition) is 1. The Hall–Kier alpha value is -2.62. The highest BCUT2D eigenvalue weighted by atomic mass is 35.5. The average molecular weight is 481 g/mol. The smallest absolute Gasteiger partial charge is 0.338 e. The predicted molar refractivity (Wildman–Crippen MR) is 121 cm³/mol. The molecule has 0 saturated carbocycles. The van der Waals surface area contributed by atoms with Crippen molar-refractivity contribution in [3.63, 3.8) is 0 Å². The number of anilines is 1. The Morgan fingerprint density at radius 1 is 1.03 bits per heavy atom. The molecular formula is C22H25ClN2O6S. The number of halogens is 1. The van der Waals surface area contributed by atoms with Crippen molar-refractivity contribution in [2.75, 3.05) is 32.1 Å². The number of methoxy groups -OCH3 is 1. The maximum Gasteiger partial charge on any atom is 0.338 e. The van der Waals surface area contributed by atoms with E-state index in [1.54, 1.807) is 12.1 Å². The molecule has 0 atom stereocenters. The summed E-state index contributed by atoms with van der Waals surface area (Å²) in [6.07, 6.45) is 3.64. The lowest BCUT2D eigenvalue weighted by Gasteiger charge is -2.20. The van der Waals surface area contributed by atoms with Crippen LogP contribution in [-0.2, 0) is 19.6 Å². The van der Waals surface area contributed by atoms with E-state index in [0.29, 0.717) is 18.8 Å². The molecule has 10 heteroatoms. The summed E-state index contributed by atoms with van der Waals surface area (Å²) in [4.78, 5) is 24.4. The molecule has 1 amide bonds. The van der Waals surface area contributed by atoms with Crippen molar-refractivity contribution >= 4 is 39.2 Å². The van der Waals surface area contributed by atoms with Crippen molar-refractivity contribution in [2.45, 2.75) is 30.6 Å². The number of benzene rings is 2. The van der Waals surface area contributed by atoms with Crippen molar-refractivity contribution in [3.8, 4) is 5.75 Å². The minimum Gasteiger partial charge on any atom is -0.497 e. The van der Waals surface area contributed by atoms with Crippen molar-refractivity contribution < 1.29 is 27.5 Å². The van der Waals surface area contributed by atoms with Crippen LogP contribution in [0.1, 0.15) is 36.0 Å². The van der Waals surface area contributed by atoms with Crippen LogP contribution in [0.25, 0.3) is 0 Å². The molecule has 1 aliphatic rings. The number of nitrogens with zero attached hydrogens (tertiary/aromatic N) is 1. The lowest BCUT2D eigenvalue weighted by molar-refractivity contribution is -0.119. The van der Waals surface area contributed by atoms with Gasteiger partial charge in [0, 0.05) is 13.1 Å². The predicted octanol–water partition coefficient (Wildman–Crippen LogP) is 3.71. The molecule has 0 aliphatic carbocycles. The average Bonchev–Trinajstić information content (AvgIpc) is 3.09. The minimum absolute atomic E-state index is 0.0503. The van der Waals surface area contributed by atoms with Crippen LogP contribution >= 0.6 is 11.6 Å². The SMILES string of the molecule is COc1ccc(C(=O)OCC(=O)Nc2cc(S(=O)(=O)N3CCCCCC3)ccc2Cl)cc1. The molecule has 2 aromatic carbocycles. The van der Waals surface area contributed by atoms with E-state index in [0.717, 1.165) is 25.7 Å². The van der Waals surface area contributed by atoms with Crippen molar-refractivity contribution in [3.05, 3.63) is 53.1 Å². The molecule has 32 heavy (non-hydrogen) atoms. The number of carbonyl (C=O) groups excluding carboxylic acids is 2. The second kappa shape index (κ2) is 10.8. The van der Waals surface area contributed by atoms with E-state index in [2.05, 4.69) is 5.32 Å². The Morgan fingerprint density at radius 3 is 2.31 bits per heavy atom. The van der Waals surface area contributed by atoms with E-state index < -0.39 is 28.5 Å². The molecule has 3 rings (SSSR count). The van der Waals surface area contributed by atoms with Gasteiger partial charge in [0.05, 0.1) is 28.3 Å². The molecule has 2 aromatic rings. The third-order valence-corrected chi connectivity index (χ3v) is 7.30. The molecular weight excluding hydrogens is 456 g/mol. The fourth-order valence-corrected chi connectivity index (χ4v) is 5.03. The topological polar surface area (TPSA) is 102 Å². The van der Waals surface area contributed by atoms with Crippen LogP contribution in [0.4, 0.5) is 5.69 Å². The minimum atomic E-state index is -3.70. The molecule has 1 fully saturated rings.